The molecule has 0 atom stereocenters. The second-order valence-electron chi connectivity index (χ2n) is 1.20. The van der Waals surface area contributed by atoms with Crippen molar-refractivity contribution in [1.29, 1.82) is 0 Å². The second-order valence-corrected chi connectivity index (χ2v) is 1.88. The molecule has 0 bridgehead atoms. The van der Waals surface area contributed by atoms with Crippen molar-refractivity contribution in [1.82, 2.24) is 4.90 Å². The van der Waals surface area contributed by atoms with Gasteiger partial charge in [-0.3, -0.25) is 4.70 Å². The van der Waals surface area contributed by atoms with Crippen LogP contribution in [0.1, 0.15) is 0 Å². The Morgan fingerprint density at radius 2 is 1.67 bits per heavy atom. The molecular weight excluding hydrogens is 196 g/mol. The molecule has 0 aliphatic rings. The molecule has 0 amide bonds. The van der Waals surface area contributed by atoms with Gasteiger partial charge in [0, 0.05) is 4.55 Å². The summed E-state index contributed by atoms with van der Waals surface area (Å²) in [6.45, 7) is 0. The molecule has 0 saturated heterocycles. The summed E-state index contributed by atoms with van der Waals surface area (Å²) in [6.07, 6.45) is 0. The van der Waals surface area contributed by atoms with E-state index in [9.17, 15) is 0 Å². The number of rotatable bonds is 1. The molecule has 0 aliphatic heterocycles. The van der Waals surface area contributed by atoms with Gasteiger partial charge in [-0.1, -0.05) is 22.6 Å². The van der Waals surface area contributed by atoms with Crippen molar-refractivity contribution in [2.75, 3.05) is 18.6 Å². The number of hydrogen-bond donors (Lipinski definition) is 0. The third-order valence-corrected chi connectivity index (χ3v) is 1.60. The SMILES string of the molecule is CN(C)CI.F. The lowest BCUT2D eigenvalue weighted by molar-refractivity contribution is 0.496. The fourth-order valence-corrected chi connectivity index (χ4v) is 0. The minimum atomic E-state index is 0. The monoisotopic (exact) mass is 205 g/mol. The number of nitrogens with zero attached hydrogens (tertiary/aromatic N) is 1. The zero-order valence-electron chi connectivity index (χ0n) is 3.94. The van der Waals surface area contributed by atoms with Gasteiger partial charge in [-0.05, 0) is 14.1 Å². The Kier molecular flexibility index (Phi) is 9.18. The Labute approximate surface area is 51.2 Å². The van der Waals surface area contributed by atoms with E-state index in [-0.39, 0.29) is 4.70 Å². The third-order valence-electron chi connectivity index (χ3n) is 0.239. The summed E-state index contributed by atoms with van der Waals surface area (Å²) in [5.74, 6) is 0. The van der Waals surface area contributed by atoms with E-state index in [0.717, 1.165) is 4.55 Å². The van der Waals surface area contributed by atoms with E-state index < -0.39 is 0 Å². The molecule has 0 heterocycles. The van der Waals surface area contributed by atoms with Crippen LogP contribution in [0.25, 0.3) is 0 Å². The van der Waals surface area contributed by atoms with Crippen LogP contribution in [0, 0.1) is 0 Å². The molecule has 40 valence electrons. The molecule has 0 aromatic heterocycles. The van der Waals surface area contributed by atoms with Gasteiger partial charge in [-0.15, -0.1) is 0 Å². The summed E-state index contributed by atoms with van der Waals surface area (Å²) in [5.41, 5.74) is 0. The maximum Gasteiger partial charge on any atom is 0.0500 e. The predicted octanol–water partition coefficient (Wildman–Crippen LogP) is 1.09. The average molecular weight is 205 g/mol. The number of hydrogen-bond acceptors (Lipinski definition) is 1. The summed E-state index contributed by atoms with van der Waals surface area (Å²) < 4.78 is 1.11. The van der Waals surface area contributed by atoms with Gasteiger partial charge < -0.3 is 4.90 Å². The van der Waals surface area contributed by atoms with Crippen molar-refractivity contribution < 1.29 is 4.70 Å². The standard InChI is InChI=1S/C3H8IN.FH/c1-5(2)3-4;/h3H2,1-2H3;1H. The van der Waals surface area contributed by atoms with Crippen molar-refractivity contribution >= 4 is 22.6 Å². The number of halogens is 2. The van der Waals surface area contributed by atoms with Crippen molar-refractivity contribution in [3.8, 4) is 0 Å². The summed E-state index contributed by atoms with van der Waals surface area (Å²) >= 11 is 2.30. The fourth-order valence-electron chi connectivity index (χ4n) is 0. The summed E-state index contributed by atoms with van der Waals surface area (Å²) in [5, 5.41) is 0. The molecular formula is C3H9FIN. The normalized spacial score (nSPS) is 8.00. The van der Waals surface area contributed by atoms with Gasteiger partial charge in [-0.2, -0.15) is 0 Å². The molecule has 0 saturated carbocycles. The van der Waals surface area contributed by atoms with Crippen LogP contribution in [0.3, 0.4) is 0 Å². The highest BCUT2D eigenvalue weighted by atomic mass is 127. The maximum atomic E-state index is 2.30. The molecule has 0 unspecified atom stereocenters. The van der Waals surface area contributed by atoms with Crippen LogP contribution in [0.15, 0.2) is 0 Å². The zero-order valence-corrected chi connectivity index (χ0v) is 6.10. The van der Waals surface area contributed by atoms with Gasteiger partial charge in [0.25, 0.3) is 0 Å². The van der Waals surface area contributed by atoms with Crippen LogP contribution in [-0.4, -0.2) is 23.5 Å². The molecule has 3 heteroatoms. The van der Waals surface area contributed by atoms with Crippen molar-refractivity contribution in [2.45, 2.75) is 0 Å². The first-order valence-corrected chi connectivity index (χ1v) is 3.00. The van der Waals surface area contributed by atoms with Gasteiger partial charge in [0.1, 0.15) is 0 Å². The van der Waals surface area contributed by atoms with Crippen molar-refractivity contribution in [3.05, 3.63) is 0 Å². The highest BCUT2D eigenvalue weighted by Crippen LogP contribution is 1.80. The average Bonchev–Trinajstić information content (AvgIpc) is 1.38. The van der Waals surface area contributed by atoms with E-state index >= 15 is 0 Å². The Morgan fingerprint density at radius 3 is 1.67 bits per heavy atom. The summed E-state index contributed by atoms with van der Waals surface area (Å²) in [4.78, 5) is 2.11. The molecule has 0 N–H and O–H groups in total. The lowest BCUT2D eigenvalue weighted by atomic mass is 11.0. The van der Waals surface area contributed by atoms with E-state index in [4.69, 9.17) is 0 Å². The molecule has 0 rings (SSSR count). The topological polar surface area (TPSA) is 3.24 Å². The Balaban J connectivity index is 0. The first-order valence-electron chi connectivity index (χ1n) is 1.48. The largest absolute Gasteiger partial charge is 0.300 e. The van der Waals surface area contributed by atoms with Crippen LogP contribution in [0.2, 0.25) is 0 Å². The van der Waals surface area contributed by atoms with Crippen LogP contribution < -0.4 is 0 Å². The lowest BCUT2D eigenvalue weighted by Gasteiger charge is -1.98. The fraction of sp³-hybridized carbons (Fsp3) is 1.00. The molecule has 0 spiro atoms. The molecule has 6 heavy (non-hydrogen) atoms. The van der Waals surface area contributed by atoms with Crippen molar-refractivity contribution in [2.24, 2.45) is 0 Å². The molecule has 0 fully saturated rings. The Bertz CT molecular complexity index is 24.8. The first-order chi connectivity index (χ1) is 2.27. The molecule has 0 aromatic carbocycles. The van der Waals surface area contributed by atoms with E-state index in [0.29, 0.717) is 0 Å². The quantitative estimate of drug-likeness (QED) is 0.352. The van der Waals surface area contributed by atoms with Crippen LogP contribution >= 0.6 is 22.6 Å². The smallest absolute Gasteiger partial charge is 0.0500 e. The van der Waals surface area contributed by atoms with E-state index in [1.165, 1.54) is 0 Å². The Morgan fingerprint density at radius 1 is 1.50 bits per heavy atom. The molecule has 0 radical (unpaired) electrons. The highest BCUT2D eigenvalue weighted by molar-refractivity contribution is 14.1. The van der Waals surface area contributed by atoms with Crippen molar-refractivity contribution in [3.63, 3.8) is 0 Å². The highest BCUT2D eigenvalue weighted by Gasteiger charge is 1.73. The minimum Gasteiger partial charge on any atom is -0.300 e. The van der Waals surface area contributed by atoms with Gasteiger partial charge >= 0.3 is 0 Å². The second kappa shape index (κ2) is 5.62. The van der Waals surface area contributed by atoms with Crippen LogP contribution in [-0.2, 0) is 0 Å². The van der Waals surface area contributed by atoms with E-state index in [2.05, 4.69) is 27.5 Å². The van der Waals surface area contributed by atoms with Crippen LogP contribution in [0.5, 0.6) is 0 Å². The van der Waals surface area contributed by atoms with Crippen LogP contribution in [0.4, 0.5) is 4.70 Å². The molecule has 1 nitrogen and oxygen atoms in total. The number of alkyl halides is 1. The Hall–Kier alpha value is 0.620. The van der Waals surface area contributed by atoms with E-state index in [1.54, 1.807) is 0 Å². The first kappa shape index (κ1) is 9.80. The minimum absolute atomic E-state index is 0. The van der Waals surface area contributed by atoms with Gasteiger partial charge in [0.2, 0.25) is 0 Å². The van der Waals surface area contributed by atoms with Gasteiger partial charge in [0.15, 0.2) is 0 Å². The zero-order chi connectivity index (χ0) is 4.28. The van der Waals surface area contributed by atoms with E-state index in [1.807, 2.05) is 14.1 Å². The third kappa shape index (κ3) is 8.82. The lowest BCUT2D eigenvalue weighted by Crippen LogP contribution is -2.06. The molecule has 0 aromatic rings. The maximum absolute atomic E-state index is 2.30. The van der Waals surface area contributed by atoms with Gasteiger partial charge in [0.05, 0.1) is 0 Å². The molecule has 0 aliphatic carbocycles. The van der Waals surface area contributed by atoms with Gasteiger partial charge in [-0.25, -0.2) is 0 Å². The summed E-state index contributed by atoms with van der Waals surface area (Å²) in [6, 6.07) is 0. The predicted molar refractivity (Wildman–Crippen MR) is 35.1 cm³/mol. The summed E-state index contributed by atoms with van der Waals surface area (Å²) in [7, 11) is 4.10.